The summed E-state index contributed by atoms with van der Waals surface area (Å²) in [6.45, 7) is 1.66. The van der Waals surface area contributed by atoms with Gasteiger partial charge in [0.1, 0.15) is 5.38 Å². The maximum atomic E-state index is 10.6. The summed E-state index contributed by atoms with van der Waals surface area (Å²) in [4.78, 5) is 12.1. The van der Waals surface area contributed by atoms with E-state index >= 15 is 0 Å². The van der Waals surface area contributed by atoms with E-state index in [0.717, 1.165) is 0 Å². The van der Waals surface area contributed by atoms with Crippen LogP contribution in [0.1, 0.15) is 6.92 Å². The van der Waals surface area contributed by atoms with Gasteiger partial charge in [-0.25, -0.2) is 0 Å². The highest BCUT2D eigenvalue weighted by atomic mass is 35.5. The van der Waals surface area contributed by atoms with Crippen molar-refractivity contribution in [2.24, 2.45) is 0 Å². The van der Waals surface area contributed by atoms with Crippen molar-refractivity contribution in [3.8, 4) is 0 Å². The molecular formula is C5H10ClNO. The zero-order chi connectivity index (χ0) is 6.73. The van der Waals surface area contributed by atoms with E-state index < -0.39 is 5.38 Å². The lowest BCUT2D eigenvalue weighted by molar-refractivity contribution is -0.127. The summed E-state index contributed by atoms with van der Waals surface area (Å²) in [5.74, 6) is -0.0494. The van der Waals surface area contributed by atoms with Crippen LogP contribution in [0.25, 0.3) is 0 Å². The van der Waals surface area contributed by atoms with Gasteiger partial charge in [0.05, 0.1) is 0 Å². The quantitative estimate of drug-likeness (QED) is 0.485. The molecule has 3 heteroatoms. The lowest BCUT2D eigenvalue weighted by atomic mass is 10.4. The molecule has 0 rings (SSSR count). The molecule has 0 saturated heterocycles. The number of carbonyl (C=O) groups excluding carboxylic acids is 1. The van der Waals surface area contributed by atoms with Gasteiger partial charge in [-0.3, -0.25) is 4.79 Å². The number of hydrogen-bond donors (Lipinski definition) is 0. The molecule has 1 atom stereocenters. The summed E-state index contributed by atoms with van der Waals surface area (Å²) in [6, 6.07) is 0. The molecule has 0 fully saturated rings. The van der Waals surface area contributed by atoms with Gasteiger partial charge in [-0.05, 0) is 6.92 Å². The summed E-state index contributed by atoms with van der Waals surface area (Å²) in [7, 11) is 3.36. The van der Waals surface area contributed by atoms with Crippen molar-refractivity contribution in [3.63, 3.8) is 0 Å². The Morgan fingerprint density at radius 1 is 1.62 bits per heavy atom. The molecule has 0 aliphatic heterocycles. The number of halogens is 1. The van der Waals surface area contributed by atoms with Gasteiger partial charge in [-0.2, -0.15) is 0 Å². The average Bonchev–Trinajstić information content (AvgIpc) is 1.64. The molecule has 0 bridgehead atoms. The summed E-state index contributed by atoms with van der Waals surface area (Å²) in [5, 5.41) is -0.398. The number of rotatable bonds is 1. The Morgan fingerprint density at radius 2 is 2.00 bits per heavy atom. The van der Waals surface area contributed by atoms with Crippen molar-refractivity contribution in [2.45, 2.75) is 12.3 Å². The molecule has 0 aromatic carbocycles. The van der Waals surface area contributed by atoms with Crippen LogP contribution >= 0.6 is 11.6 Å². The maximum absolute atomic E-state index is 10.6. The van der Waals surface area contributed by atoms with Crippen LogP contribution in [0.3, 0.4) is 0 Å². The molecule has 0 spiro atoms. The Hall–Kier alpha value is -0.240. The number of nitrogens with zero attached hydrogens (tertiary/aromatic N) is 1. The van der Waals surface area contributed by atoms with Gasteiger partial charge in [0.15, 0.2) is 0 Å². The van der Waals surface area contributed by atoms with Crippen LogP contribution in [0.2, 0.25) is 0 Å². The highest BCUT2D eigenvalue weighted by molar-refractivity contribution is 6.30. The molecule has 0 aromatic rings. The van der Waals surface area contributed by atoms with Crippen LogP contribution in [-0.4, -0.2) is 30.3 Å². The molecule has 0 aliphatic rings. The predicted molar refractivity (Wildman–Crippen MR) is 34.0 cm³/mol. The average molecular weight is 136 g/mol. The van der Waals surface area contributed by atoms with Crippen LogP contribution < -0.4 is 0 Å². The van der Waals surface area contributed by atoms with Crippen molar-refractivity contribution >= 4 is 17.5 Å². The van der Waals surface area contributed by atoms with Gasteiger partial charge >= 0.3 is 0 Å². The number of amides is 1. The third-order valence-electron chi connectivity index (χ3n) is 0.781. The molecule has 2 nitrogen and oxygen atoms in total. The SMILES string of the molecule is CC(Cl)C(=O)N(C)C. The Kier molecular flexibility index (Phi) is 2.84. The minimum atomic E-state index is -0.398. The van der Waals surface area contributed by atoms with Crippen LogP contribution in [0.15, 0.2) is 0 Å². The Labute approximate surface area is 54.4 Å². The molecule has 0 N–H and O–H groups in total. The van der Waals surface area contributed by atoms with Crippen molar-refractivity contribution in [1.82, 2.24) is 4.90 Å². The lowest BCUT2D eigenvalue weighted by Crippen LogP contribution is -2.28. The normalized spacial score (nSPS) is 13.0. The zero-order valence-electron chi connectivity index (χ0n) is 5.31. The second-order valence-corrected chi connectivity index (χ2v) is 2.50. The van der Waals surface area contributed by atoms with Crippen LogP contribution in [0.4, 0.5) is 0 Å². The van der Waals surface area contributed by atoms with Crippen molar-refractivity contribution < 1.29 is 4.79 Å². The Morgan fingerprint density at radius 3 is 2.00 bits per heavy atom. The van der Waals surface area contributed by atoms with E-state index in [0.29, 0.717) is 0 Å². The first kappa shape index (κ1) is 7.76. The van der Waals surface area contributed by atoms with Crippen LogP contribution in [0.5, 0.6) is 0 Å². The minimum Gasteiger partial charge on any atom is -0.348 e. The smallest absolute Gasteiger partial charge is 0.239 e. The first-order chi connectivity index (χ1) is 3.55. The third kappa shape index (κ3) is 2.17. The zero-order valence-corrected chi connectivity index (χ0v) is 6.07. The summed E-state index contributed by atoms with van der Waals surface area (Å²) in [5.41, 5.74) is 0. The highest BCUT2D eigenvalue weighted by Gasteiger charge is 2.09. The van der Waals surface area contributed by atoms with E-state index in [1.807, 2.05) is 0 Å². The number of hydrogen-bond acceptors (Lipinski definition) is 1. The fourth-order valence-corrected chi connectivity index (χ4v) is 0.551. The largest absolute Gasteiger partial charge is 0.348 e. The van der Waals surface area contributed by atoms with E-state index in [2.05, 4.69) is 0 Å². The monoisotopic (exact) mass is 135 g/mol. The van der Waals surface area contributed by atoms with Crippen molar-refractivity contribution in [2.75, 3.05) is 14.1 Å². The Balaban J connectivity index is 3.65. The maximum Gasteiger partial charge on any atom is 0.239 e. The molecule has 0 aliphatic carbocycles. The summed E-state index contributed by atoms with van der Waals surface area (Å²) < 4.78 is 0. The molecule has 0 radical (unpaired) electrons. The number of alkyl halides is 1. The molecule has 0 saturated carbocycles. The van der Waals surface area contributed by atoms with E-state index in [1.54, 1.807) is 21.0 Å². The summed E-state index contributed by atoms with van der Waals surface area (Å²) in [6.07, 6.45) is 0. The molecule has 8 heavy (non-hydrogen) atoms. The molecule has 0 aromatic heterocycles. The second kappa shape index (κ2) is 2.92. The van der Waals surface area contributed by atoms with Crippen molar-refractivity contribution in [3.05, 3.63) is 0 Å². The van der Waals surface area contributed by atoms with Gasteiger partial charge in [0, 0.05) is 14.1 Å². The fraction of sp³-hybridized carbons (Fsp3) is 0.800. The van der Waals surface area contributed by atoms with Gasteiger partial charge in [0.2, 0.25) is 5.91 Å². The lowest BCUT2D eigenvalue weighted by Gasteiger charge is -2.10. The van der Waals surface area contributed by atoms with Crippen LogP contribution in [0, 0.1) is 0 Å². The van der Waals surface area contributed by atoms with Crippen LogP contribution in [-0.2, 0) is 4.79 Å². The van der Waals surface area contributed by atoms with Gasteiger partial charge < -0.3 is 4.90 Å². The van der Waals surface area contributed by atoms with Gasteiger partial charge in [0.25, 0.3) is 0 Å². The Bertz CT molecular complexity index is 80.4. The standard InChI is InChI=1S/C5H10ClNO/c1-4(6)5(8)7(2)3/h4H,1-3H3. The second-order valence-electron chi connectivity index (χ2n) is 1.85. The first-order valence-corrected chi connectivity index (χ1v) is 2.84. The van der Waals surface area contributed by atoms with Gasteiger partial charge in [-0.15, -0.1) is 11.6 Å². The summed E-state index contributed by atoms with van der Waals surface area (Å²) >= 11 is 5.43. The van der Waals surface area contributed by atoms with E-state index in [1.165, 1.54) is 4.90 Å². The molecular weight excluding hydrogens is 126 g/mol. The van der Waals surface area contributed by atoms with E-state index in [-0.39, 0.29) is 5.91 Å². The van der Waals surface area contributed by atoms with Gasteiger partial charge in [-0.1, -0.05) is 0 Å². The predicted octanol–water partition coefficient (Wildman–Crippen LogP) is 0.702. The third-order valence-corrected chi connectivity index (χ3v) is 0.968. The molecule has 0 heterocycles. The molecule has 1 amide bonds. The van der Waals surface area contributed by atoms with E-state index in [4.69, 9.17) is 11.6 Å². The van der Waals surface area contributed by atoms with E-state index in [9.17, 15) is 4.79 Å². The first-order valence-electron chi connectivity index (χ1n) is 2.41. The number of carbonyl (C=O) groups is 1. The van der Waals surface area contributed by atoms with Crippen molar-refractivity contribution in [1.29, 1.82) is 0 Å². The molecule has 1 unspecified atom stereocenters. The topological polar surface area (TPSA) is 20.3 Å². The fourth-order valence-electron chi connectivity index (χ4n) is 0.356. The molecule has 48 valence electrons. The highest BCUT2D eigenvalue weighted by Crippen LogP contribution is 1.95. The minimum absolute atomic E-state index is 0.0494.